The standard InChI is InChI=1S/C11H23N3O2/c1-9(7-11(12)13-16)14-5-2-3-10(8-14)4-6-15/h9-10,15-16H,2-8H2,1H3,(H2,12,13). The summed E-state index contributed by atoms with van der Waals surface area (Å²) < 4.78 is 0. The monoisotopic (exact) mass is 229 g/mol. The van der Waals surface area contributed by atoms with Gasteiger partial charge in [0.15, 0.2) is 0 Å². The molecule has 1 saturated heterocycles. The van der Waals surface area contributed by atoms with E-state index in [4.69, 9.17) is 16.0 Å². The van der Waals surface area contributed by atoms with Gasteiger partial charge in [-0.2, -0.15) is 0 Å². The fraction of sp³-hybridized carbons (Fsp3) is 0.909. The third-order valence-electron chi connectivity index (χ3n) is 3.34. The van der Waals surface area contributed by atoms with Crippen LogP contribution in [-0.4, -0.2) is 46.8 Å². The Balaban J connectivity index is 2.40. The van der Waals surface area contributed by atoms with Crippen molar-refractivity contribution < 1.29 is 10.3 Å². The Bertz CT molecular complexity index is 231. The van der Waals surface area contributed by atoms with E-state index in [1.165, 1.54) is 12.8 Å². The van der Waals surface area contributed by atoms with E-state index in [0.717, 1.165) is 19.5 Å². The Kier molecular flexibility index (Phi) is 5.55. The first-order chi connectivity index (χ1) is 7.67. The zero-order chi connectivity index (χ0) is 12.0. The van der Waals surface area contributed by atoms with E-state index in [0.29, 0.717) is 18.4 Å². The highest BCUT2D eigenvalue weighted by Gasteiger charge is 2.23. The van der Waals surface area contributed by atoms with Gasteiger partial charge >= 0.3 is 0 Å². The van der Waals surface area contributed by atoms with Crippen LogP contribution in [0.25, 0.3) is 0 Å². The number of likely N-dealkylation sites (tertiary alicyclic amines) is 1. The Morgan fingerprint density at radius 3 is 3.00 bits per heavy atom. The Morgan fingerprint density at radius 2 is 2.38 bits per heavy atom. The third kappa shape index (κ3) is 3.98. The van der Waals surface area contributed by atoms with Crippen LogP contribution in [0.4, 0.5) is 0 Å². The second-order valence-electron chi connectivity index (χ2n) is 4.66. The van der Waals surface area contributed by atoms with Crippen LogP contribution in [0.3, 0.4) is 0 Å². The molecule has 16 heavy (non-hydrogen) atoms. The number of nitrogens with two attached hydrogens (primary N) is 1. The summed E-state index contributed by atoms with van der Waals surface area (Å²) in [6.45, 7) is 4.45. The summed E-state index contributed by atoms with van der Waals surface area (Å²) in [4.78, 5) is 2.36. The lowest BCUT2D eigenvalue weighted by molar-refractivity contribution is 0.116. The average Bonchev–Trinajstić information content (AvgIpc) is 2.29. The third-order valence-corrected chi connectivity index (χ3v) is 3.34. The fourth-order valence-electron chi connectivity index (χ4n) is 2.39. The van der Waals surface area contributed by atoms with Gasteiger partial charge in [0, 0.05) is 25.6 Å². The van der Waals surface area contributed by atoms with Gasteiger partial charge in [-0.05, 0) is 38.6 Å². The maximum absolute atomic E-state index is 8.94. The van der Waals surface area contributed by atoms with Gasteiger partial charge in [0.25, 0.3) is 0 Å². The molecule has 4 N–H and O–H groups in total. The maximum Gasteiger partial charge on any atom is 0.140 e. The van der Waals surface area contributed by atoms with Gasteiger partial charge in [-0.3, -0.25) is 4.90 Å². The van der Waals surface area contributed by atoms with E-state index in [-0.39, 0.29) is 12.4 Å². The molecule has 0 saturated carbocycles. The topological polar surface area (TPSA) is 82.1 Å². The number of nitrogens with zero attached hydrogens (tertiary/aromatic N) is 2. The summed E-state index contributed by atoms with van der Waals surface area (Å²) in [5, 5.41) is 20.5. The highest BCUT2D eigenvalue weighted by Crippen LogP contribution is 2.21. The summed E-state index contributed by atoms with van der Waals surface area (Å²) >= 11 is 0. The molecule has 1 aliphatic rings. The van der Waals surface area contributed by atoms with Crippen molar-refractivity contribution in [2.45, 2.75) is 38.6 Å². The van der Waals surface area contributed by atoms with E-state index in [1.54, 1.807) is 0 Å². The summed E-state index contributed by atoms with van der Waals surface area (Å²) in [5.41, 5.74) is 5.51. The maximum atomic E-state index is 8.94. The largest absolute Gasteiger partial charge is 0.409 e. The van der Waals surface area contributed by atoms with Crippen molar-refractivity contribution >= 4 is 5.84 Å². The first-order valence-corrected chi connectivity index (χ1v) is 5.98. The molecule has 5 nitrogen and oxygen atoms in total. The van der Waals surface area contributed by atoms with Crippen molar-refractivity contribution in [2.75, 3.05) is 19.7 Å². The predicted octanol–water partition coefficient (Wildman–Crippen LogP) is 0.606. The number of hydrogen-bond donors (Lipinski definition) is 3. The lowest BCUT2D eigenvalue weighted by Gasteiger charge is -2.36. The van der Waals surface area contributed by atoms with Crippen LogP contribution in [0.2, 0.25) is 0 Å². The summed E-state index contributed by atoms with van der Waals surface area (Å²) in [7, 11) is 0. The highest BCUT2D eigenvalue weighted by atomic mass is 16.4. The summed E-state index contributed by atoms with van der Waals surface area (Å²) in [5.74, 6) is 0.880. The Labute approximate surface area is 96.9 Å². The van der Waals surface area contributed by atoms with Crippen molar-refractivity contribution in [3.8, 4) is 0 Å². The lowest BCUT2D eigenvalue weighted by Crippen LogP contribution is -2.43. The zero-order valence-electron chi connectivity index (χ0n) is 9.97. The Morgan fingerprint density at radius 1 is 1.62 bits per heavy atom. The second kappa shape index (κ2) is 6.70. The van der Waals surface area contributed by atoms with Gasteiger partial charge in [0.1, 0.15) is 5.84 Å². The van der Waals surface area contributed by atoms with Gasteiger partial charge in [-0.25, -0.2) is 0 Å². The molecule has 2 unspecified atom stereocenters. The number of piperidine rings is 1. The lowest BCUT2D eigenvalue weighted by atomic mass is 9.94. The van der Waals surface area contributed by atoms with Crippen LogP contribution >= 0.6 is 0 Å². The fourth-order valence-corrected chi connectivity index (χ4v) is 2.39. The molecular weight excluding hydrogens is 206 g/mol. The van der Waals surface area contributed by atoms with Gasteiger partial charge in [0.05, 0.1) is 0 Å². The van der Waals surface area contributed by atoms with Crippen molar-refractivity contribution in [3.63, 3.8) is 0 Å². The molecule has 0 aromatic heterocycles. The SMILES string of the molecule is CC(CC(N)=NO)N1CCCC(CCO)C1. The van der Waals surface area contributed by atoms with E-state index < -0.39 is 0 Å². The molecule has 1 aliphatic heterocycles. The van der Waals surface area contributed by atoms with Crippen LogP contribution in [-0.2, 0) is 0 Å². The molecule has 94 valence electrons. The zero-order valence-corrected chi connectivity index (χ0v) is 9.97. The second-order valence-corrected chi connectivity index (χ2v) is 4.66. The minimum absolute atomic E-state index is 0.271. The highest BCUT2D eigenvalue weighted by molar-refractivity contribution is 5.80. The number of aliphatic hydroxyl groups excluding tert-OH is 1. The van der Waals surface area contributed by atoms with Crippen LogP contribution in [0.1, 0.15) is 32.6 Å². The first-order valence-electron chi connectivity index (χ1n) is 5.98. The van der Waals surface area contributed by atoms with E-state index in [2.05, 4.69) is 17.0 Å². The van der Waals surface area contributed by atoms with Gasteiger partial charge in [-0.1, -0.05) is 5.16 Å². The van der Waals surface area contributed by atoms with Gasteiger partial charge < -0.3 is 16.0 Å². The van der Waals surface area contributed by atoms with Gasteiger partial charge in [-0.15, -0.1) is 0 Å². The molecule has 0 aromatic carbocycles. The normalized spacial score (nSPS) is 25.6. The van der Waals surface area contributed by atoms with Crippen LogP contribution in [0.5, 0.6) is 0 Å². The average molecular weight is 229 g/mol. The first kappa shape index (κ1) is 13.3. The molecule has 1 heterocycles. The van der Waals surface area contributed by atoms with Crippen LogP contribution < -0.4 is 5.73 Å². The molecule has 0 aromatic rings. The number of aliphatic hydroxyl groups is 1. The molecule has 0 amide bonds. The molecule has 0 radical (unpaired) electrons. The molecular formula is C11H23N3O2. The van der Waals surface area contributed by atoms with E-state index in [9.17, 15) is 0 Å². The van der Waals surface area contributed by atoms with Crippen molar-refractivity contribution in [1.29, 1.82) is 0 Å². The van der Waals surface area contributed by atoms with Gasteiger partial charge in [0.2, 0.25) is 0 Å². The van der Waals surface area contributed by atoms with E-state index in [1.807, 2.05) is 0 Å². The minimum Gasteiger partial charge on any atom is -0.409 e. The number of hydrogen-bond acceptors (Lipinski definition) is 4. The molecule has 1 rings (SSSR count). The molecule has 0 bridgehead atoms. The molecule has 0 spiro atoms. The van der Waals surface area contributed by atoms with Crippen molar-refractivity contribution in [3.05, 3.63) is 0 Å². The number of amidine groups is 1. The molecule has 5 heteroatoms. The summed E-state index contributed by atoms with van der Waals surface area (Å²) in [6, 6.07) is 0.303. The molecule has 0 aliphatic carbocycles. The summed E-state index contributed by atoms with van der Waals surface area (Å²) in [6.07, 6.45) is 3.85. The van der Waals surface area contributed by atoms with Crippen molar-refractivity contribution in [2.24, 2.45) is 16.8 Å². The smallest absolute Gasteiger partial charge is 0.140 e. The van der Waals surface area contributed by atoms with Crippen molar-refractivity contribution in [1.82, 2.24) is 4.90 Å². The molecule has 2 atom stereocenters. The van der Waals surface area contributed by atoms with Crippen LogP contribution in [0.15, 0.2) is 5.16 Å². The predicted molar refractivity (Wildman–Crippen MR) is 63.5 cm³/mol. The quantitative estimate of drug-likeness (QED) is 0.279. The minimum atomic E-state index is 0.271. The Hall–Kier alpha value is -0.810. The molecule has 1 fully saturated rings. The number of oxime groups is 1. The number of rotatable bonds is 5. The van der Waals surface area contributed by atoms with E-state index >= 15 is 0 Å². The van der Waals surface area contributed by atoms with Crippen LogP contribution in [0, 0.1) is 5.92 Å².